The molecule has 0 bridgehead atoms. The molecule has 2 fully saturated rings. The maximum Gasteiger partial charge on any atom is 0.416 e. The van der Waals surface area contributed by atoms with Crippen LogP contribution in [0.2, 0.25) is 0 Å². The number of carbonyl (C=O) groups excluding carboxylic acids is 1. The van der Waals surface area contributed by atoms with Crippen LogP contribution >= 0.6 is 0 Å². The van der Waals surface area contributed by atoms with Crippen molar-refractivity contribution in [3.63, 3.8) is 0 Å². The topological polar surface area (TPSA) is 41.6 Å². The van der Waals surface area contributed by atoms with Crippen molar-refractivity contribution in [2.24, 2.45) is 5.92 Å². The Morgan fingerprint density at radius 2 is 1.81 bits per heavy atom. The van der Waals surface area contributed by atoms with Gasteiger partial charge in [-0.05, 0) is 87.2 Å². The first-order valence-corrected chi connectivity index (χ1v) is 12.1. The second-order valence-corrected chi connectivity index (χ2v) is 10.1. The van der Waals surface area contributed by atoms with Crippen LogP contribution in [0.4, 0.5) is 22.0 Å². The number of nitrogens with zero attached hydrogens (tertiary/aromatic N) is 1. The molecule has 4 nitrogen and oxygen atoms in total. The van der Waals surface area contributed by atoms with E-state index in [1.54, 1.807) is 19.1 Å². The summed E-state index contributed by atoms with van der Waals surface area (Å²) in [6.45, 7) is 0.647. The Balaban J connectivity index is 1.61. The van der Waals surface area contributed by atoms with Gasteiger partial charge in [0.1, 0.15) is 12.5 Å². The maximum atomic E-state index is 13.7. The van der Waals surface area contributed by atoms with E-state index in [1.165, 1.54) is 18.2 Å². The third-order valence-corrected chi connectivity index (χ3v) is 7.49. The van der Waals surface area contributed by atoms with Gasteiger partial charge in [0.25, 0.3) is 0 Å². The first kappa shape index (κ1) is 26.5. The molecule has 1 aliphatic heterocycles. The Morgan fingerprint density at radius 3 is 2.39 bits per heavy atom. The molecule has 0 spiro atoms. The summed E-state index contributed by atoms with van der Waals surface area (Å²) in [5.41, 5.74) is 0.136. The van der Waals surface area contributed by atoms with Gasteiger partial charge >= 0.3 is 6.18 Å². The third kappa shape index (κ3) is 5.57. The number of rotatable bonds is 7. The molecule has 196 valence electrons. The highest BCUT2D eigenvalue weighted by molar-refractivity contribution is 5.84. The van der Waals surface area contributed by atoms with Crippen LogP contribution in [0.25, 0.3) is 0 Å². The molecule has 0 radical (unpaired) electrons. The lowest BCUT2D eigenvalue weighted by atomic mass is 9.82. The molecule has 36 heavy (non-hydrogen) atoms. The van der Waals surface area contributed by atoms with Crippen molar-refractivity contribution in [3.8, 4) is 0 Å². The van der Waals surface area contributed by atoms with Crippen molar-refractivity contribution in [3.05, 3.63) is 70.5 Å². The van der Waals surface area contributed by atoms with Gasteiger partial charge in [0.15, 0.2) is 0 Å². The highest BCUT2D eigenvalue weighted by Gasteiger charge is 2.47. The largest absolute Gasteiger partial charge is 0.416 e. The molecule has 1 saturated heterocycles. The molecule has 6 atom stereocenters. The molecule has 2 aromatic carbocycles. The first-order chi connectivity index (χ1) is 17.0. The minimum absolute atomic E-state index is 0.0180. The predicted octanol–water partition coefficient (Wildman–Crippen LogP) is 5.77. The van der Waals surface area contributed by atoms with Gasteiger partial charge in [-0.15, -0.1) is 0 Å². The van der Waals surface area contributed by atoms with Gasteiger partial charge in [0, 0.05) is 12.0 Å². The Morgan fingerprint density at radius 1 is 1.11 bits per heavy atom. The zero-order valence-electron chi connectivity index (χ0n) is 20.5. The van der Waals surface area contributed by atoms with Crippen molar-refractivity contribution in [2.75, 3.05) is 14.1 Å². The fourth-order valence-electron chi connectivity index (χ4n) is 5.69. The summed E-state index contributed by atoms with van der Waals surface area (Å²) in [7, 11) is 3.71. The van der Waals surface area contributed by atoms with Crippen LogP contribution < -0.4 is 5.32 Å². The smallest absolute Gasteiger partial charge is 0.370 e. The summed E-state index contributed by atoms with van der Waals surface area (Å²) in [6, 6.07) is 9.02. The van der Waals surface area contributed by atoms with Gasteiger partial charge < -0.3 is 10.1 Å². The Labute approximate surface area is 207 Å². The molecular weight excluding hydrogens is 479 g/mol. The lowest BCUT2D eigenvalue weighted by Gasteiger charge is -2.31. The molecule has 1 N–H and O–H groups in total. The van der Waals surface area contributed by atoms with Gasteiger partial charge in [0.05, 0.1) is 23.8 Å². The maximum absolute atomic E-state index is 13.7. The molecule has 9 heteroatoms. The van der Waals surface area contributed by atoms with Crippen LogP contribution in [0.15, 0.2) is 42.5 Å². The number of nitrogens with one attached hydrogen (secondary N) is 1. The van der Waals surface area contributed by atoms with E-state index in [-0.39, 0.29) is 52.9 Å². The van der Waals surface area contributed by atoms with Crippen molar-refractivity contribution < 1.29 is 31.5 Å². The molecule has 2 aromatic rings. The summed E-state index contributed by atoms with van der Waals surface area (Å²) in [4.78, 5) is 14.4. The minimum atomic E-state index is -4.60. The quantitative estimate of drug-likeness (QED) is 0.481. The molecule has 2 aliphatic rings. The lowest BCUT2D eigenvalue weighted by Crippen LogP contribution is -2.37. The predicted molar refractivity (Wildman–Crippen MR) is 125 cm³/mol. The molecule has 0 aromatic heterocycles. The second kappa shape index (κ2) is 10.5. The minimum Gasteiger partial charge on any atom is -0.370 e. The zero-order valence-corrected chi connectivity index (χ0v) is 20.5. The summed E-state index contributed by atoms with van der Waals surface area (Å²) < 4.78 is 73.5. The van der Waals surface area contributed by atoms with E-state index in [9.17, 15) is 26.7 Å². The van der Waals surface area contributed by atoms with Gasteiger partial charge in [-0.25, -0.2) is 8.78 Å². The molecule has 4 rings (SSSR count). The Hall–Kier alpha value is -2.52. The second-order valence-electron chi connectivity index (χ2n) is 10.1. The molecular formula is C27H31F5N2O2. The average molecular weight is 511 g/mol. The highest BCUT2D eigenvalue weighted by Crippen LogP contribution is 2.47. The van der Waals surface area contributed by atoms with Gasteiger partial charge in [0.2, 0.25) is 5.91 Å². The first-order valence-electron chi connectivity index (χ1n) is 12.1. The van der Waals surface area contributed by atoms with Gasteiger partial charge in [-0.2, -0.15) is 13.2 Å². The summed E-state index contributed by atoms with van der Waals surface area (Å²) in [5, 5.41) is 3.11. The molecule has 0 unspecified atom stereocenters. The molecule has 1 heterocycles. The number of hydrogen-bond acceptors (Lipinski definition) is 3. The Bertz CT molecular complexity index is 1070. The molecule has 1 amide bonds. The lowest BCUT2D eigenvalue weighted by molar-refractivity contribution is -0.137. The van der Waals surface area contributed by atoms with E-state index < -0.39 is 24.5 Å². The standard InChI is InChI=1S/C27H31F5N2O2/c1-15(18-10-16(14-28)11-19(12-18)27(30,31)32)36-24-9-8-21(22-13-23(34(2)3)26(35)33-22)25(24)17-4-6-20(29)7-5-17/h4-7,10-12,15,21-25H,8-9,13-14H2,1-3H3,(H,33,35)/t15-,21+,22-,23-,24+,25+/m1/s1. The van der Waals surface area contributed by atoms with Crippen molar-refractivity contribution in [1.29, 1.82) is 0 Å². The zero-order chi connectivity index (χ0) is 26.2. The number of hydrogen-bond donors (Lipinski definition) is 1. The fraction of sp³-hybridized carbons (Fsp3) is 0.519. The fourth-order valence-corrected chi connectivity index (χ4v) is 5.69. The highest BCUT2D eigenvalue weighted by atomic mass is 19.4. The number of alkyl halides is 4. The number of halogens is 5. The molecule has 1 saturated carbocycles. The normalized spacial score (nSPS) is 27.5. The van der Waals surface area contributed by atoms with E-state index >= 15 is 0 Å². The Kier molecular flexibility index (Phi) is 7.71. The average Bonchev–Trinajstić information content (AvgIpc) is 3.42. The summed E-state index contributed by atoms with van der Waals surface area (Å²) >= 11 is 0. The van der Waals surface area contributed by atoms with Gasteiger partial charge in [-0.1, -0.05) is 18.2 Å². The van der Waals surface area contributed by atoms with Crippen molar-refractivity contribution >= 4 is 5.91 Å². The number of amides is 1. The number of carbonyl (C=O) groups is 1. The van der Waals surface area contributed by atoms with E-state index in [0.717, 1.165) is 24.1 Å². The number of benzene rings is 2. The van der Waals surface area contributed by atoms with Crippen LogP contribution in [-0.4, -0.2) is 43.1 Å². The van der Waals surface area contributed by atoms with Crippen LogP contribution in [0, 0.1) is 11.7 Å². The summed E-state index contributed by atoms with van der Waals surface area (Å²) in [6.07, 6.45) is -3.69. The van der Waals surface area contributed by atoms with Crippen molar-refractivity contribution in [2.45, 2.75) is 69.2 Å². The SMILES string of the molecule is C[C@@H](O[C@H]1CC[C@@H]([C@H]2C[C@@H](N(C)C)C(=O)N2)[C@@H]1c1ccc(F)cc1)c1cc(CF)cc(C(F)(F)F)c1. The van der Waals surface area contributed by atoms with Crippen LogP contribution in [-0.2, 0) is 22.4 Å². The van der Waals surface area contributed by atoms with Crippen LogP contribution in [0.3, 0.4) is 0 Å². The van der Waals surface area contributed by atoms with E-state index in [1.807, 2.05) is 19.0 Å². The van der Waals surface area contributed by atoms with E-state index in [2.05, 4.69) is 5.32 Å². The van der Waals surface area contributed by atoms with Crippen LogP contribution in [0.5, 0.6) is 0 Å². The number of ether oxygens (including phenoxy) is 1. The van der Waals surface area contributed by atoms with Crippen LogP contribution in [0.1, 0.15) is 60.5 Å². The van der Waals surface area contributed by atoms with Gasteiger partial charge in [-0.3, -0.25) is 9.69 Å². The van der Waals surface area contributed by atoms with Crippen molar-refractivity contribution in [1.82, 2.24) is 10.2 Å². The monoisotopic (exact) mass is 510 g/mol. The molecule has 1 aliphatic carbocycles. The summed E-state index contributed by atoms with van der Waals surface area (Å²) in [5.74, 6) is -0.581. The third-order valence-electron chi connectivity index (χ3n) is 7.49. The van der Waals surface area contributed by atoms with E-state index in [0.29, 0.717) is 12.8 Å². The number of likely N-dealkylation sites (N-methyl/N-ethyl adjacent to an activating group) is 1. The van der Waals surface area contributed by atoms with E-state index in [4.69, 9.17) is 4.74 Å².